The maximum Gasteiger partial charge on any atom is 0.343 e. The molecule has 42 heavy (non-hydrogen) atoms. The fraction of sp³-hybridized carbons (Fsp3) is 0.290. The molecule has 0 bridgehead atoms. The number of rotatable bonds is 7. The summed E-state index contributed by atoms with van der Waals surface area (Å²) < 4.78 is 29.9. The third kappa shape index (κ3) is 5.69. The van der Waals surface area contributed by atoms with Crippen molar-refractivity contribution in [2.75, 3.05) is 19.3 Å². The number of carbonyl (C=O) groups is 3. The first kappa shape index (κ1) is 29.5. The van der Waals surface area contributed by atoms with E-state index in [1.165, 1.54) is 23.2 Å². The average molecular weight is 609 g/mol. The summed E-state index contributed by atoms with van der Waals surface area (Å²) in [6.07, 6.45) is 3.41. The number of aliphatic hydroxyl groups excluding tert-OH is 1. The van der Waals surface area contributed by atoms with Crippen molar-refractivity contribution in [3.8, 4) is 11.1 Å². The number of aryl methyl sites for hydroxylation is 1. The summed E-state index contributed by atoms with van der Waals surface area (Å²) in [5.41, 5.74) is 1.03. The molecule has 9 nitrogen and oxygen atoms in total. The number of ketones is 1. The average Bonchev–Trinajstić information content (AvgIpc) is 3.20. The zero-order chi connectivity index (χ0) is 30.2. The zero-order valence-corrected chi connectivity index (χ0v) is 24.7. The predicted octanol–water partition coefficient (Wildman–Crippen LogP) is 4.96. The van der Waals surface area contributed by atoms with Gasteiger partial charge in [-0.3, -0.25) is 14.6 Å². The molecule has 1 aromatic heterocycles. The molecule has 2 aliphatic heterocycles. The van der Waals surface area contributed by atoms with Crippen LogP contribution in [0.15, 0.2) is 71.4 Å². The van der Waals surface area contributed by atoms with Crippen molar-refractivity contribution in [3.63, 3.8) is 0 Å². The Morgan fingerprint density at radius 2 is 1.88 bits per heavy atom. The van der Waals surface area contributed by atoms with E-state index in [2.05, 4.69) is 4.98 Å². The number of pyridine rings is 1. The van der Waals surface area contributed by atoms with Gasteiger partial charge in [-0.25, -0.2) is 13.2 Å². The Kier molecular flexibility index (Phi) is 7.96. The second kappa shape index (κ2) is 11.3. The zero-order valence-electron chi connectivity index (χ0n) is 23.1. The Hall–Kier alpha value is -4.02. The minimum atomic E-state index is -3.43. The van der Waals surface area contributed by atoms with Crippen LogP contribution in [0.2, 0.25) is 5.02 Å². The van der Waals surface area contributed by atoms with Crippen LogP contribution in [0.3, 0.4) is 0 Å². The number of amides is 1. The van der Waals surface area contributed by atoms with Crippen LogP contribution in [0.25, 0.3) is 16.7 Å². The van der Waals surface area contributed by atoms with Crippen molar-refractivity contribution in [2.24, 2.45) is 0 Å². The summed E-state index contributed by atoms with van der Waals surface area (Å²) in [6, 6.07) is 14.7. The van der Waals surface area contributed by atoms with Gasteiger partial charge in [0.15, 0.2) is 27.0 Å². The number of Topliss-reactive ketones (excluding diaryl/α,β-unsaturated/α-hetero) is 1. The lowest BCUT2D eigenvalue weighted by Crippen LogP contribution is -2.51. The van der Waals surface area contributed by atoms with Crippen LogP contribution < -0.4 is 0 Å². The highest BCUT2D eigenvalue weighted by Crippen LogP contribution is 2.44. The third-order valence-corrected chi connectivity index (χ3v) is 9.06. The van der Waals surface area contributed by atoms with E-state index < -0.39 is 21.4 Å². The first-order valence-electron chi connectivity index (χ1n) is 13.4. The van der Waals surface area contributed by atoms with Crippen molar-refractivity contribution < 1.29 is 32.6 Å². The third-order valence-electron chi connectivity index (χ3n) is 7.64. The topological polar surface area (TPSA) is 131 Å². The molecule has 0 saturated carbocycles. The summed E-state index contributed by atoms with van der Waals surface area (Å²) in [6.45, 7) is 2.13. The fourth-order valence-electron chi connectivity index (χ4n) is 5.45. The largest absolute Gasteiger partial charge is 0.507 e. The summed E-state index contributed by atoms with van der Waals surface area (Å²) in [5, 5.41) is 11.7. The van der Waals surface area contributed by atoms with Gasteiger partial charge in [0.25, 0.3) is 0 Å². The molecule has 2 aliphatic rings. The van der Waals surface area contributed by atoms with Gasteiger partial charge in [0.05, 0.1) is 11.4 Å². The molecule has 1 saturated heterocycles. The second-order valence-electron chi connectivity index (χ2n) is 10.6. The van der Waals surface area contributed by atoms with Gasteiger partial charge in [-0.2, -0.15) is 0 Å². The number of ether oxygens (including phenoxy) is 1. The number of nitrogens with zero attached hydrogens (tertiary/aromatic N) is 2. The Bertz CT molecular complexity index is 1740. The van der Waals surface area contributed by atoms with E-state index in [1.54, 1.807) is 49.4 Å². The molecule has 3 aromatic rings. The van der Waals surface area contributed by atoms with E-state index in [1.807, 2.05) is 0 Å². The number of sulfone groups is 1. The van der Waals surface area contributed by atoms with Crippen LogP contribution in [-0.4, -0.2) is 66.0 Å². The predicted molar refractivity (Wildman–Crippen MR) is 157 cm³/mol. The Morgan fingerprint density at radius 1 is 1.10 bits per heavy atom. The molecular formula is C31H29ClN2O7S. The number of likely N-dealkylation sites (tertiary alicyclic amines) is 1. The van der Waals surface area contributed by atoms with Crippen LogP contribution >= 0.6 is 11.6 Å². The Balaban J connectivity index is 1.39. The van der Waals surface area contributed by atoms with Gasteiger partial charge in [-0.05, 0) is 72.9 Å². The number of carbonyl (C=O) groups excluding carboxylic acids is 3. The number of esters is 1. The van der Waals surface area contributed by atoms with Crippen LogP contribution in [0, 0.1) is 6.92 Å². The molecule has 0 aliphatic carbocycles. The number of piperidine rings is 1. The molecule has 218 valence electrons. The summed E-state index contributed by atoms with van der Waals surface area (Å²) in [4.78, 5) is 44.3. The van der Waals surface area contributed by atoms with Gasteiger partial charge in [0, 0.05) is 42.4 Å². The van der Waals surface area contributed by atoms with Gasteiger partial charge >= 0.3 is 5.97 Å². The van der Waals surface area contributed by atoms with Gasteiger partial charge < -0.3 is 14.7 Å². The van der Waals surface area contributed by atoms with Gasteiger partial charge in [-0.1, -0.05) is 29.8 Å². The van der Waals surface area contributed by atoms with Crippen molar-refractivity contribution in [2.45, 2.75) is 43.1 Å². The van der Waals surface area contributed by atoms with E-state index in [0.717, 1.165) is 6.26 Å². The van der Waals surface area contributed by atoms with E-state index in [9.17, 15) is 27.9 Å². The van der Waals surface area contributed by atoms with Crippen LogP contribution in [0.5, 0.6) is 0 Å². The number of aliphatic hydroxyl groups is 1. The van der Waals surface area contributed by atoms with Crippen LogP contribution in [0.4, 0.5) is 0 Å². The SMILES string of the molecule is Cc1cc(-c2cccc(S(C)(=O)=O)c2)c(Cl)cc1C1=C(O)C2(CCCN(C(=O)CCC(=O)c3ccccn3)C2)OC1=O. The van der Waals surface area contributed by atoms with Crippen molar-refractivity contribution in [3.05, 3.63) is 88.4 Å². The fourth-order valence-corrected chi connectivity index (χ4v) is 6.39. The van der Waals surface area contributed by atoms with Gasteiger partial charge in [0.2, 0.25) is 5.91 Å². The van der Waals surface area contributed by atoms with E-state index in [4.69, 9.17) is 16.3 Å². The van der Waals surface area contributed by atoms with Crippen LogP contribution in [-0.2, 0) is 24.2 Å². The number of benzene rings is 2. The maximum absolute atomic E-state index is 13.2. The summed E-state index contributed by atoms with van der Waals surface area (Å²) in [5.74, 6) is -1.51. The minimum Gasteiger partial charge on any atom is -0.507 e. The van der Waals surface area contributed by atoms with Crippen LogP contribution in [0.1, 0.15) is 47.3 Å². The molecule has 1 N–H and O–H groups in total. The molecule has 0 radical (unpaired) electrons. The molecule has 2 aromatic carbocycles. The molecule has 1 atom stereocenters. The first-order chi connectivity index (χ1) is 19.9. The first-order valence-corrected chi connectivity index (χ1v) is 15.7. The van der Waals surface area contributed by atoms with Crippen molar-refractivity contribution >= 4 is 44.7 Å². The maximum atomic E-state index is 13.2. The standard InChI is InChI=1S/C31H29ClN2O7S/c1-19-15-23(20-7-5-8-21(16-20)42(2,39)40)24(32)17-22(19)28-29(37)31(41-30(28)38)12-6-14-34(18-31)27(36)11-10-26(35)25-9-3-4-13-33-25/h3-5,7-9,13,15-17,37H,6,10-12,14,18H2,1-2H3. The quantitative estimate of drug-likeness (QED) is 0.294. The molecule has 11 heteroatoms. The molecule has 1 spiro atoms. The monoisotopic (exact) mass is 608 g/mol. The van der Waals surface area contributed by atoms with Gasteiger partial charge in [-0.15, -0.1) is 0 Å². The lowest BCUT2D eigenvalue weighted by Gasteiger charge is -2.39. The number of hydrogen-bond acceptors (Lipinski definition) is 8. The van der Waals surface area contributed by atoms with Gasteiger partial charge in [0.1, 0.15) is 11.3 Å². The lowest BCUT2D eigenvalue weighted by atomic mass is 9.87. The van der Waals surface area contributed by atoms with E-state index in [-0.39, 0.29) is 52.3 Å². The smallest absolute Gasteiger partial charge is 0.343 e. The van der Waals surface area contributed by atoms with Crippen molar-refractivity contribution in [1.82, 2.24) is 9.88 Å². The Morgan fingerprint density at radius 3 is 2.60 bits per heavy atom. The van der Waals surface area contributed by atoms with Crippen molar-refractivity contribution in [1.29, 1.82) is 0 Å². The molecular weight excluding hydrogens is 580 g/mol. The highest BCUT2D eigenvalue weighted by molar-refractivity contribution is 7.90. The van der Waals surface area contributed by atoms with E-state index >= 15 is 0 Å². The molecule has 1 fully saturated rings. The number of aromatic nitrogens is 1. The molecule has 1 amide bonds. The van der Waals surface area contributed by atoms with E-state index in [0.29, 0.717) is 47.3 Å². The molecule has 3 heterocycles. The molecule has 1 unspecified atom stereocenters. The number of hydrogen-bond donors (Lipinski definition) is 1. The lowest BCUT2D eigenvalue weighted by molar-refractivity contribution is -0.156. The Labute approximate surface area is 248 Å². The second-order valence-corrected chi connectivity index (χ2v) is 13.0. The minimum absolute atomic E-state index is 0.0106. The highest BCUT2D eigenvalue weighted by atomic mass is 35.5. The summed E-state index contributed by atoms with van der Waals surface area (Å²) in [7, 11) is -3.43. The number of halogens is 1. The summed E-state index contributed by atoms with van der Waals surface area (Å²) >= 11 is 6.63. The highest BCUT2D eigenvalue weighted by Gasteiger charge is 2.52. The normalized spacial score (nSPS) is 18.8. The molecule has 5 rings (SSSR count).